The number of rotatable bonds is 2. The Labute approximate surface area is 89.9 Å². The van der Waals surface area contributed by atoms with Crippen molar-refractivity contribution in [1.82, 2.24) is 4.57 Å². The van der Waals surface area contributed by atoms with Gasteiger partial charge in [-0.1, -0.05) is 19.8 Å². The van der Waals surface area contributed by atoms with Gasteiger partial charge in [0.2, 0.25) is 0 Å². The number of hydrogen-bond acceptors (Lipinski definition) is 2. The monoisotopic (exact) mass is 206 g/mol. The summed E-state index contributed by atoms with van der Waals surface area (Å²) in [6, 6.07) is 3.88. The Morgan fingerprint density at radius 1 is 1.40 bits per heavy atom. The summed E-state index contributed by atoms with van der Waals surface area (Å²) in [6.07, 6.45) is 5.62. The molecule has 0 unspecified atom stereocenters. The van der Waals surface area contributed by atoms with Gasteiger partial charge < -0.3 is 10.3 Å². The summed E-state index contributed by atoms with van der Waals surface area (Å²) in [4.78, 5) is 11.9. The van der Waals surface area contributed by atoms with E-state index in [1.165, 1.54) is 18.9 Å². The number of pyridine rings is 1. The number of aryl methyl sites for hydroxylation is 1. The normalized spacial score (nSPS) is 17.1. The van der Waals surface area contributed by atoms with E-state index in [4.69, 9.17) is 5.73 Å². The maximum Gasteiger partial charge on any atom is 0.253 e. The number of nitrogen functional groups attached to an aromatic ring is 1. The van der Waals surface area contributed by atoms with Crippen LogP contribution in [-0.2, 0) is 6.42 Å². The van der Waals surface area contributed by atoms with Crippen LogP contribution in [0.3, 0.4) is 0 Å². The van der Waals surface area contributed by atoms with Gasteiger partial charge in [0.15, 0.2) is 0 Å². The molecule has 1 fully saturated rings. The zero-order chi connectivity index (χ0) is 10.8. The van der Waals surface area contributed by atoms with Crippen LogP contribution in [0.25, 0.3) is 0 Å². The highest BCUT2D eigenvalue weighted by molar-refractivity contribution is 5.38. The fraction of sp³-hybridized carbons (Fsp3) is 0.583. The summed E-state index contributed by atoms with van der Waals surface area (Å²) < 4.78 is 1.95. The van der Waals surface area contributed by atoms with Crippen LogP contribution in [0.5, 0.6) is 0 Å². The fourth-order valence-electron chi connectivity index (χ4n) is 2.51. The molecule has 1 aromatic heterocycles. The van der Waals surface area contributed by atoms with Crippen molar-refractivity contribution in [2.45, 2.75) is 45.1 Å². The molecular formula is C12H18N2O. The summed E-state index contributed by atoms with van der Waals surface area (Å²) in [6.45, 7) is 2.07. The second kappa shape index (κ2) is 4.09. The average Bonchev–Trinajstić information content (AvgIpc) is 2.69. The molecule has 0 bridgehead atoms. The van der Waals surface area contributed by atoms with Crippen molar-refractivity contribution in [3.8, 4) is 0 Å². The van der Waals surface area contributed by atoms with Crippen molar-refractivity contribution >= 4 is 5.69 Å². The lowest BCUT2D eigenvalue weighted by molar-refractivity contribution is 0.485. The van der Waals surface area contributed by atoms with E-state index in [2.05, 4.69) is 6.92 Å². The highest BCUT2D eigenvalue weighted by Crippen LogP contribution is 2.29. The molecule has 0 radical (unpaired) electrons. The Bertz CT molecular complexity index is 403. The molecule has 0 atom stereocenters. The Kier molecular flexibility index (Phi) is 2.80. The predicted octanol–water partition coefficient (Wildman–Crippen LogP) is 2.11. The standard InChI is InChI=1S/C12H18N2O/c1-2-10-7-9(13)8-12(15)14(10)11-5-3-4-6-11/h7-8,11H,2-6,13H2,1H3. The van der Waals surface area contributed by atoms with Gasteiger partial charge in [0.1, 0.15) is 0 Å². The highest BCUT2D eigenvalue weighted by Gasteiger charge is 2.19. The van der Waals surface area contributed by atoms with E-state index in [9.17, 15) is 4.79 Å². The van der Waals surface area contributed by atoms with Crippen molar-refractivity contribution in [3.63, 3.8) is 0 Å². The van der Waals surface area contributed by atoms with Gasteiger partial charge >= 0.3 is 0 Å². The first-order chi connectivity index (χ1) is 7.22. The van der Waals surface area contributed by atoms with E-state index >= 15 is 0 Å². The predicted molar refractivity (Wildman–Crippen MR) is 62.0 cm³/mol. The van der Waals surface area contributed by atoms with Crippen LogP contribution >= 0.6 is 0 Å². The van der Waals surface area contributed by atoms with Crippen LogP contribution in [0.4, 0.5) is 5.69 Å². The molecule has 0 amide bonds. The topological polar surface area (TPSA) is 48.0 Å². The van der Waals surface area contributed by atoms with Crippen molar-refractivity contribution in [3.05, 3.63) is 28.2 Å². The fourth-order valence-corrected chi connectivity index (χ4v) is 2.51. The van der Waals surface area contributed by atoms with Crippen LogP contribution in [0.1, 0.15) is 44.3 Å². The molecule has 1 aliphatic carbocycles. The summed E-state index contributed by atoms with van der Waals surface area (Å²) in [5, 5.41) is 0. The van der Waals surface area contributed by atoms with Gasteiger partial charge in [-0.2, -0.15) is 0 Å². The molecule has 0 aliphatic heterocycles. The van der Waals surface area contributed by atoms with Crippen molar-refractivity contribution in [2.75, 3.05) is 5.73 Å². The van der Waals surface area contributed by atoms with Crippen molar-refractivity contribution in [2.24, 2.45) is 0 Å². The molecule has 1 heterocycles. The van der Waals surface area contributed by atoms with Crippen molar-refractivity contribution in [1.29, 1.82) is 0 Å². The van der Waals surface area contributed by atoms with Crippen LogP contribution in [0.2, 0.25) is 0 Å². The van der Waals surface area contributed by atoms with E-state index in [1.807, 2.05) is 10.6 Å². The third-order valence-electron chi connectivity index (χ3n) is 3.22. The molecule has 15 heavy (non-hydrogen) atoms. The lowest BCUT2D eigenvalue weighted by Crippen LogP contribution is -2.26. The number of nitrogens with two attached hydrogens (primary N) is 1. The second-order valence-electron chi connectivity index (χ2n) is 4.28. The van der Waals surface area contributed by atoms with E-state index in [0.29, 0.717) is 11.7 Å². The molecule has 1 saturated carbocycles. The molecule has 3 nitrogen and oxygen atoms in total. The quantitative estimate of drug-likeness (QED) is 0.805. The number of hydrogen-bond donors (Lipinski definition) is 1. The van der Waals surface area contributed by atoms with E-state index in [-0.39, 0.29) is 5.56 Å². The maximum absolute atomic E-state index is 11.9. The number of aromatic nitrogens is 1. The van der Waals surface area contributed by atoms with E-state index < -0.39 is 0 Å². The molecule has 3 heteroatoms. The Hall–Kier alpha value is -1.25. The minimum atomic E-state index is 0.0683. The average molecular weight is 206 g/mol. The first-order valence-electron chi connectivity index (χ1n) is 5.73. The molecule has 1 aromatic rings. The first-order valence-corrected chi connectivity index (χ1v) is 5.73. The van der Waals surface area contributed by atoms with Crippen molar-refractivity contribution < 1.29 is 0 Å². The first kappa shape index (κ1) is 10.3. The van der Waals surface area contributed by atoms with Gasteiger partial charge in [0, 0.05) is 23.5 Å². The number of anilines is 1. The van der Waals surface area contributed by atoms with Crippen LogP contribution in [-0.4, -0.2) is 4.57 Å². The smallest absolute Gasteiger partial charge is 0.253 e. The Morgan fingerprint density at radius 2 is 2.07 bits per heavy atom. The second-order valence-corrected chi connectivity index (χ2v) is 4.28. The third kappa shape index (κ3) is 1.91. The minimum Gasteiger partial charge on any atom is -0.399 e. The van der Waals surface area contributed by atoms with Gasteiger partial charge in [0.25, 0.3) is 5.56 Å². The van der Waals surface area contributed by atoms with Gasteiger partial charge in [-0.15, -0.1) is 0 Å². The highest BCUT2D eigenvalue weighted by atomic mass is 16.1. The molecule has 1 aliphatic rings. The summed E-state index contributed by atoms with van der Waals surface area (Å²) >= 11 is 0. The zero-order valence-electron chi connectivity index (χ0n) is 9.20. The van der Waals surface area contributed by atoms with E-state index in [1.54, 1.807) is 0 Å². The Balaban J connectivity index is 2.48. The largest absolute Gasteiger partial charge is 0.399 e. The number of nitrogens with zero attached hydrogens (tertiary/aromatic N) is 1. The third-order valence-corrected chi connectivity index (χ3v) is 3.22. The zero-order valence-corrected chi connectivity index (χ0v) is 9.20. The lowest BCUT2D eigenvalue weighted by Gasteiger charge is -2.18. The summed E-state index contributed by atoms with van der Waals surface area (Å²) in [5.41, 5.74) is 7.42. The molecule has 0 spiro atoms. The van der Waals surface area contributed by atoms with Gasteiger partial charge in [-0.05, 0) is 25.3 Å². The van der Waals surface area contributed by atoms with Gasteiger partial charge in [0.05, 0.1) is 0 Å². The minimum absolute atomic E-state index is 0.0683. The van der Waals surface area contributed by atoms with Gasteiger partial charge in [-0.25, -0.2) is 0 Å². The molecule has 82 valence electrons. The van der Waals surface area contributed by atoms with Gasteiger partial charge in [-0.3, -0.25) is 4.79 Å². The molecule has 0 saturated heterocycles. The molecule has 2 N–H and O–H groups in total. The molecular weight excluding hydrogens is 188 g/mol. The molecule has 2 rings (SSSR count). The van der Waals surface area contributed by atoms with Crippen LogP contribution in [0.15, 0.2) is 16.9 Å². The van der Waals surface area contributed by atoms with Crippen LogP contribution < -0.4 is 11.3 Å². The van der Waals surface area contributed by atoms with E-state index in [0.717, 1.165) is 25.0 Å². The summed E-state index contributed by atoms with van der Waals surface area (Å²) in [7, 11) is 0. The SMILES string of the molecule is CCc1cc(N)cc(=O)n1C1CCCC1. The summed E-state index contributed by atoms with van der Waals surface area (Å²) in [5.74, 6) is 0. The maximum atomic E-state index is 11.9. The Morgan fingerprint density at radius 3 is 2.67 bits per heavy atom. The molecule has 0 aromatic carbocycles. The van der Waals surface area contributed by atoms with Crippen LogP contribution in [0, 0.1) is 0 Å². The lowest BCUT2D eigenvalue weighted by atomic mass is 10.2.